The molecule has 2 nitrogen and oxygen atoms in total. The van der Waals surface area contributed by atoms with Crippen molar-refractivity contribution in [3.63, 3.8) is 0 Å². The summed E-state index contributed by atoms with van der Waals surface area (Å²) in [5.74, 6) is 0.220. The minimum absolute atomic E-state index is 0.0182. The third kappa shape index (κ3) is 3.44. The van der Waals surface area contributed by atoms with Crippen molar-refractivity contribution in [2.24, 2.45) is 11.8 Å². The Balaban J connectivity index is 1.89. The van der Waals surface area contributed by atoms with E-state index < -0.39 is 5.92 Å². The Morgan fingerprint density at radius 2 is 1.89 bits per heavy atom. The van der Waals surface area contributed by atoms with Crippen molar-refractivity contribution in [2.45, 2.75) is 44.4 Å². The Morgan fingerprint density at radius 3 is 2.39 bits per heavy atom. The van der Waals surface area contributed by atoms with Gasteiger partial charge in [0.15, 0.2) is 0 Å². The molecular formula is C14H19F2NO. The zero-order chi connectivity index (χ0) is 13.2. The van der Waals surface area contributed by atoms with Gasteiger partial charge in [-0.2, -0.15) is 0 Å². The van der Waals surface area contributed by atoms with E-state index in [1.807, 2.05) is 0 Å². The molecular weight excluding hydrogens is 236 g/mol. The zero-order valence-electron chi connectivity index (χ0n) is 10.5. The molecule has 4 heteroatoms. The van der Waals surface area contributed by atoms with E-state index in [4.69, 9.17) is 6.42 Å². The van der Waals surface area contributed by atoms with Gasteiger partial charge in [0, 0.05) is 25.3 Å². The van der Waals surface area contributed by atoms with E-state index in [1.165, 1.54) is 0 Å². The van der Waals surface area contributed by atoms with Crippen molar-refractivity contribution < 1.29 is 13.6 Å². The molecule has 0 spiro atoms. The Kier molecular flexibility index (Phi) is 3.89. The molecule has 0 unspecified atom stereocenters. The molecule has 0 bridgehead atoms. The van der Waals surface area contributed by atoms with Crippen LogP contribution in [0, 0.1) is 24.2 Å². The van der Waals surface area contributed by atoms with Crippen LogP contribution in [0.3, 0.4) is 0 Å². The normalized spacial score (nSPS) is 23.4. The molecule has 2 aliphatic carbocycles. The molecule has 100 valence electrons. The van der Waals surface area contributed by atoms with E-state index in [1.54, 1.807) is 4.90 Å². The van der Waals surface area contributed by atoms with E-state index in [9.17, 15) is 13.6 Å². The smallest absolute Gasteiger partial charge is 0.248 e. The molecule has 0 saturated heterocycles. The van der Waals surface area contributed by atoms with Gasteiger partial charge in [-0.1, -0.05) is 5.92 Å². The lowest BCUT2D eigenvalue weighted by molar-refractivity contribution is -0.139. The maximum Gasteiger partial charge on any atom is 0.248 e. The van der Waals surface area contributed by atoms with Crippen molar-refractivity contribution in [3.05, 3.63) is 0 Å². The fraction of sp³-hybridized carbons (Fsp3) is 0.786. The third-order valence-corrected chi connectivity index (χ3v) is 3.84. The lowest BCUT2D eigenvalue weighted by atomic mass is 9.86. The second kappa shape index (κ2) is 5.26. The minimum Gasteiger partial charge on any atom is -0.331 e. The molecule has 2 fully saturated rings. The summed E-state index contributed by atoms with van der Waals surface area (Å²) < 4.78 is 26.1. The first kappa shape index (κ1) is 13.3. The number of nitrogens with zero attached hydrogens (tertiary/aromatic N) is 1. The van der Waals surface area contributed by atoms with Crippen LogP contribution >= 0.6 is 0 Å². The molecule has 0 aromatic carbocycles. The number of rotatable bonds is 4. The molecule has 0 N–H and O–H groups in total. The van der Waals surface area contributed by atoms with E-state index in [0.717, 1.165) is 12.8 Å². The summed E-state index contributed by atoms with van der Waals surface area (Å²) in [5, 5.41) is 0. The van der Waals surface area contributed by atoms with Gasteiger partial charge in [-0.3, -0.25) is 4.79 Å². The molecule has 0 heterocycles. The summed E-state index contributed by atoms with van der Waals surface area (Å²) in [6.45, 7) is 1.01. The predicted molar refractivity (Wildman–Crippen MR) is 65.0 cm³/mol. The van der Waals surface area contributed by atoms with Crippen LogP contribution in [0.1, 0.15) is 38.5 Å². The lowest BCUT2D eigenvalue weighted by Gasteiger charge is -2.31. The number of hydrogen-bond acceptors (Lipinski definition) is 1. The number of terminal acetylenes is 1. The predicted octanol–water partition coefficient (Wildman–Crippen LogP) is 2.68. The zero-order valence-corrected chi connectivity index (χ0v) is 10.5. The van der Waals surface area contributed by atoms with Gasteiger partial charge in [0.25, 0.3) is 0 Å². The molecule has 0 aliphatic heterocycles. The standard InChI is InChI=1S/C14H19F2NO/c1-2-9-17(10-11-3-4-11)13(18)12-5-7-14(15,16)8-6-12/h1,11-12H,3-10H2. The average Bonchev–Trinajstić information content (AvgIpc) is 3.11. The quantitative estimate of drug-likeness (QED) is 0.707. The van der Waals surface area contributed by atoms with Crippen LogP contribution in [0.25, 0.3) is 0 Å². The van der Waals surface area contributed by atoms with Gasteiger partial charge in [0.1, 0.15) is 0 Å². The van der Waals surface area contributed by atoms with Crippen molar-refractivity contribution >= 4 is 5.91 Å². The van der Waals surface area contributed by atoms with Gasteiger partial charge in [0.05, 0.1) is 6.54 Å². The van der Waals surface area contributed by atoms with E-state index in [0.29, 0.717) is 19.0 Å². The first-order valence-electron chi connectivity index (χ1n) is 6.62. The van der Waals surface area contributed by atoms with Gasteiger partial charge < -0.3 is 4.90 Å². The van der Waals surface area contributed by atoms with Crippen LogP contribution < -0.4 is 0 Å². The molecule has 0 aromatic heterocycles. The fourth-order valence-electron chi connectivity index (χ4n) is 2.50. The second-order valence-electron chi connectivity index (χ2n) is 5.50. The summed E-state index contributed by atoms with van der Waals surface area (Å²) in [5.41, 5.74) is 0. The molecule has 2 rings (SSSR count). The highest BCUT2D eigenvalue weighted by atomic mass is 19.3. The first-order valence-corrected chi connectivity index (χ1v) is 6.62. The van der Waals surface area contributed by atoms with E-state index in [2.05, 4.69) is 5.92 Å². The van der Waals surface area contributed by atoms with Gasteiger partial charge in [-0.05, 0) is 31.6 Å². The van der Waals surface area contributed by atoms with Crippen LogP contribution in [-0.2, 0) is 4.79 Å². The highest BCUT2D eigenvalue weighted by molar-refractivity contribution is 5.79. The van der Waals surface area contributed by atoms with Crippen molar-refractivity contribution in [1.82, 2.24) is 4.90 Å². The highest BCUT2D eigenvalue weighted by Gasteiger charge is 2.39. The minimum atomic E-state index is -2.58. The van der Waals surface area contributed by atoms with Crippen molar-refractivity contribution in [3.8, 4) is 12.3 Å². The van der Waals surface area contributed by atoms with Crippen LogP contribution in [0.4, 0.5) is 8.78 Å². The maximum atomic E-state index is 13.1. The summed E-state index contributed by atoms with van der Waals surface area (Å²) >= 11 is 0. The number of halogens is 2. The van der Waals surface area contributed by atoms with Gasteiger partial charge in [-0.15, -0.1) is 6.42 Å². The molecule has 0 aromatic rings. The SMILES string of the molecule is C#CCN(CC1CC1)C(=O)C1CCC(F)(F)CC1. The first-order chi connectivity index (χ1) is 8.52. The summed E-state index contributed by atoms with van der Waals surface area (Å²) in [7, 11) is 0. The van der Waals surface area contributed by atoms with Gasteiger partial charge in [0.2, 0.25) is 11.8 Å². The topological polar surface area (TPSA) is 20.3 Å². The molecule has 0 radical (unpaired) electrons. The number of alkyl halides is 2. The molecule has 18 heavy (non-hydrogen) atoms. The second-order valence-corrected chi connectivity index (χ2v) is 5.50. The van der Waals surface area contributed by atoms with Gasteiger partial charge >= 0.3 is 0 Å². The number of hydrogen-bond donors (Lipinski definition) is 0. The lowest BCUT2D eigenvalue weighted by Crippen LogP contribution is -2.40. The number of amides is 1. The van der Waals surface area contributed by atoms with E-state index >= 15 is 0 Å². The maximum absolute atomic E-state index is 13.1. The van der Waals surface area contributed by atoms with Crippen LogP contribution in [0.15, 0.2) is 0 Å². The summed E-state index contributed by atoms with van der Waals surface area (Å²) in [4.78, 5) is 13.9. The largest absolute Gasteiger partial charge is 0.331 e. The number of carbonyl (C=O) groups is 1. The Morgan fingerprint density at radius 1 is 1.28 bits per heavy atom. The molecule has 0 atom stereocenters. The van der Waals surface area contributed by atoms with Crippen LogP contribution in [0.2, 0.25) is 0 Å². The van der Waals surface area contributed by atoms with Crippen molar-refractivity contribution in [2.75, 3.05) is 13.1 Å². The highest BCUT2D eigenvalue weighted by Crippen LogP contribution is 2.37. The van der Waals surface area contributed by atoms with E-state index in [-0.39, 0.29) is 37.5 Å². The van der Waals surface area contributed by atoms with Crippen molar-refractivity contribution in [1.29, 1.82) is 0 Å². The van der Waals surface area contributed by atoms with Crippen LogP contribution in [0.5, 0.6) is 0 Å². The summed E-state index contributed by atoms with van der Waals surface area (Å²) in [6, 6.07) is 0. The Bertz CT molecular complexity index is 347. The van der Waals surface area contributed by atoms with Crippen LogP contribution in [-0.4, -0.2) is 29.8 Å². The Labute approximate surface area is 107 Å². The Hall–Kier alpha value is -1.11. The fourth-order valence-corrected chi connectivity index (χ4v) is 2.50. The third-order valence-electron chi connectivity index (χ3n) is 3.84. The molecule has 2 saturated carbocycles. The monoisotopic (exact) mass is 255 g/mol. The number of carbonyl (C=O) groups excluding carboxylic acids is 1. The average molecular weight is 255 g/mol. The van der Waals surface area contributed by atoms with Gasteiger partial charge in [-0.25, -0.2) is 8.78 Å². The summed E-state index contributed by atoms with van der Waals surface area (Å²) in [6.07, 6.45) is 7.81. The molecule has 1 amide bonds. The molecule has 2 aliphatic rings.